The minimum Gasteiger partial charge on any atom is -0.858 e. The summed E-state index contributed by atoms with van der Waals surface area (Å²) in [6.45, 7) is 0. The first-order valence-electron chi connectivity index (χ1n) is 5.44. The third kappa shape index (κ3) is 3.81. The van der Waals surface area contributed by atoms with Crippen molar-refractivity contribution >= 4 is 23.9 Å². The van der Waals surface area contributed by atoms with Gasteiger partial charge in [0.1, 0.15) is 0 Å². The maximum Gasteiger partial charge on any atom is 1.00 e. The maximum absolute atomic E-state index is 11.4. The predicted molar refractivity (Wildman–Crippen MR) is 67.4 cm³/mol. The van der Waals surface area contributed by atoms with Crippen LogP contribution in [0.15, 0.2) is 32.3 Å². The summed E-state index contributed by atoms with van der Waals surface area (Å²) in [4.78, 5) is 51.2. The molecule has 10 nitrogen and oxygen atoms in total. The summed E-state index contributed by atoms with van der Waals surface area (Å²) in [5, 5.41) is 22.5. The molecule has 11 heteroatoms. The number of hydrogen-bond acceptors (Lipinski definition) is 6. The number of aromatic hydroxyl groups is 1. The van der Waals surface area contributed by atoms with Crippen LogP contribution in [0.1, 0.15) is 5.56 Å². The van der Waals surface area contributed by atoms with Crippen molar-refractivity contribution in [3.8, 4) is 5.88 Å². The van der Waals surface area contributed by atoms with Crippen LogP contribution in [0.3, 0.4) is 0 Å². The van der Waals surface area contributed by atoms with Crippen LogP contribution in [-0.2, 0) is 4.79 Å². The molecule has 0 atom stereocenters. The number of carbonyl (C=O) groups is 2. The summed E-state index contributed by atoms with van der Waals surface area (Å²) in [7, 11) is 0. The Kier molecular flexibility index (Phi) is 5.63. The van der Waals surface area contributed by atoms with Crippen molar-refractivity contribution in [2.24, 2.45) is 4.99 Å². The number of rotatable bonds is 2. The largest absolute Gasteiger partial charge is 1.00 e. The van der Waals surface area contributed by atoms with E-state index in [-0.39, 0.29) is 35.1 Å². The number of amides is 3. The molecule has 2 heterocycles. The third-order valence-corrected chi connectivity index (χ3v) is 2.38. The molecule has 108 valence electrons. The fourth-order valence-corrected chi connectivity index (χ4v) is 1.47. The molecule has 0 spiro atoms. The number of nitrogens with one attached hydrogen (secondary N) is 3. The monoisotopic (exact) mass is 314 g/mol. The molecule has 3 amide bonds. The van der Waals surface area contributed by atoms with Crippen LogP contribution in [0.2, 0.25) is 0 Å². The Morgan fingerprint density at radius 1 is 1.14 bits per heavy atom. The van der Waals surface area contributed by atoms with Gasteiger partial charge in [0.05, 0.1) is 11.1 Å². The second-order valence-electron chi connectivity index (χ2n) is 3.79. The smallest absolute Gasteiger partial charge is 0.858 e. The number of hydrogen-bond donors (Lipinski definition) is 4. The summed E-state index contributed by atoms with van der Waals surface area (Å²) in [5.41, 5.74) is -2.42. The zero-order valence-electron chi connectivity index (χ0n) is 11.2. The van der Waals surface area contributed by atoms with E-state index in [1.807, 2.05) is 9.97 Å². The third-order valence-electron chi connectivity index (χ3n) is 2.38. The van der Waals surface area contributed by atoms with E-state index in [4.69, 9.17) is 0 Å². The molecule has 0 aromatic carbocycles. The van der Waals surface area contributed by atoms with Crippen LogP contribution < -0.4 is 51.2 Å². The van der Waals surface area contributed by atoms with Gasteiger partial charge in [-0.25, -0.2) is 14.6 Å². The molecule has 1 aromatic rings. The van der Waals surface area contributed by atoms with Crippen LogP contribution >= 0.6 is 0 Å². The van der Waals surface area contributed by atoms with E-state index >= 15 is 0 Å². The number of imide groups is 1. The van der Waals surface area contributed by atoms with Crippen molar-refractivity contribution in [1.82, 2.24) is 15.3 Å². The topological polar surface area (TPSA) is 168 Å². The molecule has 0 saturated heterocycles. The van der Waals surface area contributed by atoms with E-state index in [0.717, 1.165) is 18.2 Å². The number of aromatic amines is 2. The van der Waals surface area contributed by atoms with E-state index in [0.29, 0.717) is 0 Å². The quantitative estimate of drug-likeness (QED) is 0.314. The second kappa shape index (κ2) is 7.02. The van der Waals surface area contributed by atoms with Crippen molar-refractivity contribution in [2.45, 2.75) is 0 Å². The first-order valence-corrected chi connectivity index (χ1v) is 5.44. The number of urea groups is 1. The molecular weight excluding hydrogens is 307 g/mol. The van der Waals surface area contributed by atoms with Gasteiger partial charge < -0.3 is 10.2 Å². The number of carbonyl (C=O) groups excluding carboxylic acids is 2. The van der Waals surface area contributed by atoms with Gasteiger partial charge in [-0.15, -0.1) is 0 Å². The summed E-state index contributed by atoms with van der Waals surface area (Å²) in [6.07, 6.45) is 3.19. The Morgan fingerprint density at radius 3 is 2.41 bits per heavy atom. The van der Waals surface area contributed by atoms with Gasteiger partial charge >= 0.3 is 41.3 Å². The van der Waals surface area contributed by atoms with Gasteiger partial charge in [0, 0.05) is 5.90 Å². The predicted octanol–water partition coefficient (Wildman–Crippen LogP) is -5.28. The van der Waals surface area contributed by atoms with Crippen LogP contribution in [0.5, 0.6) is 5.88 Å². The second-order valence-corrected chi connectivity index (χ2v) is 3.79. The average Bonchev–Trinajstić information content (AvgIpc) is 2.34. The Balaban J connectivity index is 0.00000242. The molecule has 0 aliphatic carbocycles. The number of aliphatic imine (C=N–C) groups is 1. The van der Waals surface area contributed by atoms with E-state index in [1.165, 1.54) is 0 Å². The first kappa shape index (κ1) is 17.6. The van der Waals surface area contributed by atoms with Gasteiger partial charge in [0.2, 0.25) is 5.88 Å². The van der Waals surface area contributed by atoms with E-state index < -0.39 is 40.5 Å². The van der Waals surface area contributed by atoms with Crippen LogP contribution in [0.4, 0.5) is 4.79 Å². The van der Waals surface area contributed by atoms with Crippen molar-refractivity contribution < 1.29 is 49.4 Å². The van der Waals surface area contributed by atoms with Crippen molar-refractivity contribution in [1.29, 1.82) is 0 Å². The van der Waals surface area contributed by atoms with Gasteiger partial charge in [-0.05, 0) is 12.2 Å². The average molecular weight is 314 g/mol. The van der Waals surface area contributed by atoms with Crippen LogP contribution in [0, 0.1) is 0 Å². The first-order chi connectivity index (χ1) is 9.88. The molecule has 1 aromatic heterocycles. The van der Waals surface area contributed by atoms with Gasteiger partial charge in [0.15, 0.2) is 0 Å². The van der Waals surface area contributed by atoms with Gasteiger partial charge in [-0.3, -0.25) is 24.9 Å². The summed E-state index contributed by atoms with van der Waals surface area (Å²) in [5.74, 6) is -2.62. The standard InChI is InChI=1S/C11H8N4O6.Na/c16-6-4(7(17)13-10(20)12-6)2-1-3-5-8(18)14-11(21)15-9(5)19;/h1-3H,(H2,12,13,16,17,20)(H3,14,15,18,19,21);/q;+1/p-1/b3-1+;. The number of H-pyrrole nitrogens is 2. The molecule has 2 rings (SSSR count). The molecule has 0 unspecified atom stereocenters. The summed E-state index contributed by atoms with van der Waals surface area (Å²) in [6, 6.07) is -1.05. The molecule has 22 heavy (non-hydrogen) atoms. The Morgan fingerprint density at radius 2 is 1.82 bits per heavy atom. The Labute approximate surface area is 143 Å². The van der Waals surface area contributed by atoms with Gasteiger partial charge in [0.25, 0.3) is 11.5 Å². The SMILES string of the molecule is O=C1N=C([O-])/C(=C/C=C/c2c(O)[nH]c(=O)[nH]c2=O)C(=O)N1.[Na+]. The van der Waals surface area contributed by atoms with Gasteiger partial charge in [-0.1, -0.05) is 6.08 Å². The number of nitrogens with zero attached hydrogens (tertiary/aromatic N) is 1. The minimum atomic E-state index is -1.05. The molecule has 0 radical (unpaired) electrons. The zero-order valence-corrected chi connectivity index (χ0v) is 13.2. The van der Waals surface area contributed by atoms with Crippen LogP contribution in [0.25, 0.3) is 6.08 Å². The molecule has 1 aliphatic heterocycles. The van der Waals surface area contributed by atoms with Gasteiger partial charge in [-0.2, -0.15) is 0 Å². The molecule has 0 bridgehead atoms. The van der Waals surface area contributed by atoms with Crippen molar-refractivity contribution in [3.63, 3.8) is 0 Å². The maximum atomic E-state index is 11.4. The molecule has 0 fully saturated rings. The summed E-state index contributed by atoms with van der Waals surface area (Å²) < 4.78 is 0. The zero-order chi connectivity index (χ0) is 15.6. The van der Waals surface area contributed by atoms with E-state index in [2.05, 4.69) is 4.99 Å². The van der Waals surface area contributed by atoms with E-state index in [9.17, 15) is 29.4 Å². The fraction of sp³-hybridized carbons (Fsp3) is 0. The normalized spacial score (nSPS) is 16.4. The summed E-state index contributed by atoms with van der Waals surface area (Å²) >= 11 is 0. The Bertz CT molecular complexity index is 832. The van der Waals surface area contributed by atoms with Crippen LogP contribution in [-0.4, -0.2) is 32.9 Å². The molecule has 0 saturated carbocycles. The minimum absolute atomic E-state index is 0. The van der Waals surface area contributed by atoms with Crippen molar-refractivity contribution in [2.75, 3.05) is 0 Å². The molecular formula is C11H7N4NaO6. The molecule has 4 N–H and O–H groups in total. The number of aromatic nitrogens is 2. The van der Waals surface area contributed by atoms with E-state index in [1.54, 1.807) is 5.32 Å². The van der Waals surface area contributed by atoms with Crippen molar-refractivity contribution in [3.05, 3.63) is 44.1 Å². The fourth-order valence-electron chi connectivity index (χ4n) is 1.47. The number of allylic oxidation sites excluding steroid dienone is 2. The Hall–Kier alpha value is -2.43. The molecule has 1 aliphatic rings.